The molecular formula is C17H18FN. The standard InChI is InChI=1S/C17H18FN/c1-3-6-17(19)15-8-5-4-7-14(15)16-11-13(18)10-9-12(16)2/h3-5,7-11,17H,1,6,19H2,2H3. The van der Waals surface area contributed by atoms with Gasteiger partial charge in [-0.1, -0.05) is 36.4 Å². The lowest BCUT2D eigenvalue weighted by Crippen LogP contribution is -2.10. The van der Waals surface area contributed by atoms with E-state index in [-0.39, 0.29) is 11.9 Å². The van der Waals surface area contributed by atoms with Crippen LogP contribution in [0.25, 0.3) is 11.1 Å². The molecule has 0 heterocycles. The average Bonchev–Trinajstić information content (AvgIpc) is 2.42. The Kier molecular flexibility index (Phi) is 4.13. The van der Waals surface area contributed by atoms with Crippen LogP contribution in [0.1, 0.15) is 23.6 Å². The van der Waals surface area contributed by atoms with Crippen LogP contribution in [0.2, 0.25) is 0 Å². The molecule has 19 heavy (non-hydrogen) atoms. The second kappa shape index (κ2) is 5.81. The highest BCUT2D eigenvalue weighted by Crippen LogP contribution is 2.31. The van der Waals surface area contributed by atoms with E-state index in [9.17, 15) is 4.39 Å². The van der Waals surface area contributed by atoms with Crippen molar-refractivity contribution in [3.8, 4) is 11.1 Å². The lowest BCUT2D eigenvalue weighted by atomic mass is 9.91. The summed E-state index contributed by atoms with van der Waals surface area (Å²) in [5.41, 5.74) is 10.1. The quantitative estimate of drug-likeness (QED) is 0.806. The van der Waals surface area contributed by atoms with Gasteiger partial charge in [0, 0.05) is 6.04 Å². The number of rotatable bonds is 4. The van der Waals surface area contributed by atoms with Crippen LogP contribution in [0.15, 0.2) is 55.1 Å². The summed E-state index contributed by atoms with van der Waals surface area (Å²) in [7, 11) is 0. The highest BCUT2D eigenvalue weighted by molar-refractivity contribution is 5.71. The second-order valence-electron chi connectivity index (χ2n) is 4.68. The van der Waals surface area contributed by atoms with Gasteiger partial charge in [-0.15, -0.1) is 6.58 Å². The van der Waals surface area contributed by atoms with Crippen molar-refractivity contribution in [2.24, 2.45) is 5.73 Å². The molecule has 0 amide bonds. The minimum Gasteiger partial charge on any atom is -0.324 e. The van der Waals surface area contributed by atoms with Crippen molar-refractivity contribution in [3.05, 3.63) is 72.1 Å². The molecule has 2 aromatic carbocycles. The van der Waals surface area contributed by atoms with Gasteiger partial charge in [-0.05, 0) is 47.7 Å². The predicted molar refractivity (Wildman–Crippen MR) is 78.3 cm³/mol. The largest absolute Gasteiger partial charge is 0.324 e. The first-order valence-corrected chi connectivity index (χ1v) is 6.35. The summed E-state index contributed by atoms with van der Waals surface area (Å²) >= 11 is 0. The molecule has 2 N–H and O–H groups in total. The van der Waals surface area contributed by atoms with E-state index in [1.165, 1.54) is 6.07 Å². The lowest BCUT2D eigenvalue weighted by Gasteiger charge is -2.16. The van der Waals surface area contributed by atoms with E-state index in [1.54, 1.807) is 18.2 Å². The SMILES string of the molecule is C=CCC(N)c1ccccc1-c1cc(F)ccc1C. The van der Waals surface area contributed by atoms with Gasteiger partial charge in [0.15, 0.2) is 0 Å². The van der Waals surface area contributed by atoms with E-state index in [1.807, 2.05) is 31.2 Å². The van der Waals surface area contributed by atoms with E-state index in [0.717, 1.165) is 22.3 Å². The highest BCUT2D eigenvalue weighted by Gasteiger charge is 2.12. The van der Waals surface area contributed by atoms with Crippen LogP contribution < -0.4 is 5.73 Å². The molecule has 0 spiro atoms. The fourth-order valence-electron chi connectivity index (χ4n) is 2.26. The number of halogens is 1. The van der Waals surface area contributed by atoms with Crippen molar-refractivity contribution >= 4 is 0 Å². The van der Waals surface area contributed by atoms with Gasteiger partial charge in [0.1, 0.15) is 5.82 Å². The Bertz CT molecular complexity index is 590. The molecule has 98 valence electrons. The first-order chi connectivity index (χ1) is 9.13. The van der Waals surface area contributed by atoms with Crippen LogP contribution in [-0.4, -0.2) is 0 Å². The summed E-state index contributed by atoms with van der Waals surface area (Å²) in [5, 5.41) is 0. The summed E-state index contributed by atoms with van der Waals surface area (Å²) in [5.74, 6) is -0.229. The first kappa shape index (κ1) is 13.5. The summed E-state index contributed by atoms with van der Waals surface area (Å²) in [4.78, 5) is 0. The molecule has 1 atom stereocenters. The Balaban J connectivity index is 2.55. The smallest absolute Gasteiger partial charge is 0.123 e. The number of hydrogen-bond donors (Lipinski definition) is 1. The van der Waals surface area contributed by atoms with Crippen molar-refractivity contribution in [2.45, 2.75) is 19.4 Å². The monoisotopic (exact) mass is 255 g/mol. The molecule has 0 aliphatic heterocycles. The van der Waals surface area contributed by atoms with E-state index < -0.39 is 0 Å². The van der Waals surface area contributed by atoms with E-state index in [2.05, 4.69) is 6.58 Å². The third-order valence-electron chi connectivity index (χ3n) is 3.27. The molecule has 0 aliphatic carbocycles. The Morgan fingerprint density at radius 1 is 1.21 bits per heavy atom. The third-order valence-corrected chi connectivity index (χ3v) is 3.27. The van der Waals surface area contributed by atoms with E-state index in [0.29, 0.717) is 6.42 Å². The second-order valence-corrected chi connectivity index (χ2v) is 4.68. The minimum absolute atomic E-state index is 0.114. The Morgan fingerprint density at radius 3 is 2.68 bits per heavy atom. The molecule has 2 aromatic rings. The van der Waals surface area contributed by atoms with E-state index in [4.69, 9.17) is 5.73 Å². The Hall–Kier alpha value is -1.93. The fourth-order valence-corrected chi connectivity index (χ4v) is 2.26. The van der Waals surface area contributed by atoms with Crippen LogP contribution in [0.4, 0.5) is 4.39 Å². The summed E-state index contributed by atoms with van der Waals surface area (Å²) < 4.78 is 13.5. The number of aryl methyl sites for hydroxylation is 1. The Morgan fingerprint density at radius 2 is 1.95 bits per heavy atom. The van der Waals surface area contributed by atoms with Gasteiger partial charge in [0.05, 0.1) is 0 Å². The van der Waals surface area contributed by atoms with Gasteiger partial charge >= 0.3 is 0 Å². The zero-order valence-electron chi connectivity index (χ0n) is 11.1. The molecule has 0 saturated carbocycles. The third kappa shape index (κ3) is 2.91. The molecule has 2 heteroatoms. The summed E-state index contributed by atoms with van der Waals surface area (Å²) in [6, 6.07) is 12.6. The number of nitrogens with two attached hydrogens (primary N) is 1. The minimum atomic E-state index is -0.229. The first-order valence-electron chi connectivity index (χ1n) is 6.35. The van der Waals surface area contributed by atoms with Gasteiger partial charge in [-0.25, -0.2) is 4.39 Å². The zero-order chi connectivity index (χ0) is 13.8. The predicted octanol–water partition coefficient (Wildman–Crippen LogP) is 4.38. The summed E-state index contributed by atoms with van der Waals surface area (Å²) in [6.07, 6.45) is 2.51. The van der Waals surface area contributed by atoms with Crippen LogP contribution in [0.5, 0.6) is 0 Å². The molecule has 0 aliphatic rings. The number of benzene rings is 2. The van der Waals surface area contributed by atoms with Crippen LogP contribution in [0, 0.1) is 12.7 Å². The normalized spacial score (nSPS) is 12.2. The van der Waals surface area contributed by atoms with Crippen molar-refractivity contribution in [1.29, 1.82) is 0 Å². The van der Waals surface area contributed by atoms with E-state index >= 15 is 0 Å². The molecule has 2 rings (SSSR count). The maximum absolute atomic E-state index is 13.5. The van der Waals surface area contributed by atoms with Crippen molar-refractivity contribution in [2.75, 3.05) is 0 Å². The van der Waals surface area contributed by atoms with Crippen molar-refractivity contribution in [3.63, 3.8) is 0 Å². The molecular weight excluding hydrogens is 237 g/mol. The van der Waals surface area contributed by atoms with Crippen LogP contribution in [0.3, 0.4) is 0 Å². The molecule has 1 nitrogen and oxygen atoms in total. The topological polar surface area (TPSA) is 26.0 Å². The number of hydrogen-bond acceptors (Lipinski definition) is 1. The molecule has 0 bridgehead atoms. The average molecular weight is 255 g/mol. The molecule has 0 aromatic heterocycles. The van der Waals surface area contributed by atoms with Gasteiger partial charge in [0.25, 0.3) is 0 Å². The molecule has 0 fully saturated rings. The van der Waals surface area contributed by atoms with Crippen molar-refractivity contribution < 1.29 is 4.39 Å². The van der Waals surface area contributed by atoms with Gasteiger partial charge in [-0.3, -0.25) is 0 Å². The van der Waals surface area contributed by atoms with Crippen LogP contribution in [-0.2, 0) is 0 Å². The molecule has 1 unspecified atom stereocenters. The van der Waals surface area contributed by atoms with Crippen LogP contribution >= 0.6 is 0 Å². The zero-order valence-corrected chi connectivity index (χ0v) is 11.1. The van der Waals surface area contributed by atoms with Gasteiger partial charge in [0.2, 0.25) is 0 Å². The van der Waals surface area contributed by atoms with Gasteiger partial charge < -0.3 is 5.73 Å². The molecule has 0 radical (unpaired) electrons. The Labute approximate surface area is 113 Å². The highest BCUT2D eigenvalue weighted by atomic mass is 19.1. The summed E-state index contributed by atoms with van der Waals surface area (Å²) in [6.45, 7) is 5.70. The fraction of sp³-hybridized carbons (Fsp3) is 0.176. The maximum Gasteiger partial charge on any atom is 0.123 e. The lowest BCUT2D eigenvalue weighted by molar-refractivity contribution is 0.628. The molecule has 0 saturated heterocycles. The maximum atomic E-state index is 13.5. The van der Waals surface area contributed by atoms with Crippen molar-refractivity contribution in [1.82, 2.24) is 0 Å². The van der Waals surface area contributed by atoms with Gasteiger partial charge in [-0.2, -0.15) is 0 Å².